The van der Waals surface area contributed by atoms with Gasteiger partial charge in [-0.05, 0) is 42.9 Å². The van der Waals surface area contributed by atoms with Crippen LogP contribution in [0.1, 0.15) is 53.1 Å². The third kappa shape index (κ3) is 4.81. The van der Waals surface area contributed by atoms with Crippen molar-refractivity contribution in [2.24, 2.45) is 0 Å². The van der Waals surface area contributed by atoms with Crippen molar-refractivity contribution in [3.63, 3.8) is 0 Å². The predicted molar refractivity (Wildman–Crippen MR) is 131 cm³/mol. The number of nitrogens with one attached hydrogen (secondary N) is 1. The second kappa shape index (κ2) is 9.72. The zero-order valence-corrected chi connectivity index (χ0v) is 20.0. The topological polar surface area (TPSA) is 107 Å². The van der Waals surface area contributed by atoms with Crippen molar-refractivity contribution < 1.29 is 22.7 Å². The maximum atomic E-state index is 13.7. The van der Waals surface area contributed by atoms with E-state index in [2.05, 4.69) is 32.5 Å². The van der Waals surface area contributed by atoms with Gasteiger partial charge in [-0.2, -0.15) is 18.3 Å². The van der Waals surface area contributed by atoms with Gasteiger partial charge in [0.25, 0.3) is 5.91 Å². The van der Waals surface area contributed by atoms with Gasteiger partial charge < -0.3 is 15.8 Å². The fourth-order valence-corrected chi connectivity index (χ4v) is 5.02. The Bertz CT molecular complexity index is 1440. The first-order valence-corrected chi connectivity index (χ1v) is 11.9. The van der Waals surface area contributed by atoms with Crippen LogP contribution in [-0.2, 0) is 6.18 Å². The lowest BCUT2D eigenvalue weighted by Crippen LogP contribution is -2.38. The lowest BCUT2D eigenvalue weighted by molar-refractivity contribution is -0.136. The summed E-state index contributed by atoms with van der Waals surface area (Å²) in [6, 6.07) is 12.5. The summed E-state index contributed by atoms with van der Waals surface area (Å²) in [6.07, 6.45) is 1.37. The summed E-state index contributed by atoms with van der Waals surface area (Å²) in [5.74, 6) is -0.304. The Hall–Kier alpha value is -4.15. The second-order valence-corrected chi connectivity index (χ2v) is 9.07. The average molecular weight is 511 g/mol. The summed E-state index contributed by atoms with van der Waals surface area (Å²) < 4.78 is 47.6. The zero-order chi connectivity index (χ0) is 26.2. The van der Waals surface area contributed by atoms with Crippen LogP contribution in [-0.4, -0.2) is 38.6 Å². The molecule has 0 saturated heterocycles. The van der Waals surface area contributed by atoms with Gasteiger partial charge in [0, 0.05) is 17.8 Å². The Morgan fingerprint density at radius 3 is 2.68 bits per heavy atom. The van der Waals surface area contributed by atoms with E-state index in [0.29, 0.717) is 5.92 Å². The van der Waals surface area contributed by atoms with Crippen molar-refractivity contribution in [3.05, 3.63) is 71.7 Å². The largest absolute Gasteiger partial charge is 0.480 e. The van der Waals surface area contributed by atoms with Crippen LogP contribution in [0, 0.1) is 0 Å². The number of nitrogens with two attached hydrogens (primary N) is 1. The highest BCUT2D eigenvalue weighted by Gasteiger charge is 2.37. The number of rotatable bonds is 5. The molecule has 0 radical (unpaired) electrons. The molecule has 1 aliphatic carbocycles. The number of nitrogen functional groups attached to an aromatic ring is 1. The summed E-state index contributed by atoms with van der Waals surface area (Å²) in [7, 11) is 1.38. The van der Waals surface area contributed by atoms with Crippen molar-refractivity contribution in [1.82, 2.24) is 24.9 Å². The van der Waals surface area contributed by atoms with Gasteiger partial charge in [-0.3, -0.25) is 4.79 Å². The van der Waals surface area contributed by atoms with E-state index in [1.807, 2.05) is 18.2 Å². The van der Waals surface area contributed by atoms with Gasteiger partial charge in [-0.1, -0.05) is 36.8 Å². The minimum atomic E-state index is -4.68. The summed E-state index contributed by atoms with van der Waals surface area (Å²) in [5.41, 5.74) is 6.10. The van der Waals surface area contributed by atoms with E-state index in [1.165, 1.54) is 24.9 Å². The number of anilines is 1. The Morgan fingerprint density at radius 2 is 1.95 bits per heavy atom. The fourth-order valence-electron chi connectivity index (χ4n) is 5.02. The van der Waals surface area contributed by atoms with Gasteiger partial charge >= 0.3 is 6.18 Å². The second-order valence-electron chi connectivity index (χ2n) is 9.07. The molecule has 1 amide bonds. The third-order valence-electron chi connectivity index (χ3n) is 6.75. The lowest BCUT2D eigenvalue weighted by Gasteiger charge is -2.30. The molecule has 1 saturated carbocycles. The molecule has 1 fully saturated rings. The number of halogens is 3. The summed E-state index contributed by atoms with van der Waals surface area (Å²) in [5, 5.41) is 7.04. The number of aromatic nitrogens is 4. The van der Waals surface area contributed by atoms with Crippen molar-refractivity contribution in [1.29, 1.82) is 0 Å². The molecule has 2 atom stereocenters. The molecule has 1 aromatic carbocycles. The van der Waals surface area contributed by atoms with Crippen molar-refractivity contribution >= 4 is 17.2 Å². The van der Waals surface area contributed by atoms with Gasteiger partial charge in [0.2, 0.25) is 5.88 Å². The average Bonchev–Trinajstić information content (AvgIpc) is 3.31. The molecule has 192 valence electrons. The number of nitrogens with zero attached hydrogens (tertiary/aromatic N) is 4. The van der Waals surface area contributed by atoms with Crippen molar-refractivity contribution in [2.75, 3.05) is 12.8 Å². The first-order chi connectivity index (χ1) is 17.8. The first kappa shape index (κ1) is 24.5. The van der Waals surface area contributed by atoms with E-state index in [9.17, 15) is 18.0 Å². The van der Waals surface area contributed by atoms with Gasteiger partial charge in [0.05, 0.1) is 18.4 Å². The van der Waals surface area contributed by atoms with E-state index in [4.69, 9.17) is 10.5 Å². The molecule has 0 unspecified atom stereocenters. The number of pyridine rings is 1. The smallest absolute Gasteiger partial charge is 0.418 e. The molecule has 4 aromatic rings. The number of hydrogen-bond acceptors (Lipinski definition) is 6. The number of benzene rings is 1. The van der Waals surface area contributed by atoms with E-state index in [-0.39, 0.29) is 40.1 Å². The minimum Gasteiger partial charge on any atom is -0.480 e. The lowest BCUT2D eigenvalue weighted by atomic mass is 9.81. The molecule has 0 bridgehead atoms. The third-order valence-corrected chi connectivity index (χ3v) is 6.75. The maximum absolute atomic E-state index is 13.7. The Kier molecular flexibility index (Phi) is 6.45. The molecule has 5 rings (SSSR count). The summed E-state index contributed by atoms with van der Waals surface area (Å²) >= 11 is 0. The first-order valence-electron chi connectivity index (χ1n) is 11.9. The number of methoxy groups -OCH3 is 1. The molecule has 37 heavy (non-hydrogen) atoms. The standard InChI is InChI=1S/C26H25F3N6O2/c1-37-25-19(24(36)34-18-9-5-8-16(10-18)15-6-3-2-4-7-15)11-17(13-31-25)21-12-20(26(27,28)29)22-23(30)32-14-33-35(21)22/h2-4,6-7,11-14,16,18H,5,8-10H2,1H3,(H,34,36)(H2,30,32,33)/t16-,18+/m1/s1. The molecular weight excluding hydrogens is 485 g/mol. The van der Waals surface area contributed by atoms with Crippen molar-refractivity contribution in [2.45, 2.75) is 43.8 Å². The van der Waals surface area contributed by atoms with Crippen LogP contribution in [0.25, 0.3) is 16.8 Å². The summed E-state index contributed by atoms with van der Waals surface area (Å²) in [4.78, 5) is 21.2. The monoisotopic (exact) mass is 510 g/mol. The van der Waals surface area contributed by atoms with Crippen LogP contribution in [0.15, 0.2) is 55.0 Å². The molecule has 0 aliphatic heterocycles. The molecular formula is C26H25F3N6O2. The number of carbonyl (C=O) groups excluding carboxylic acids is 1. The van der Waals surface area contributed by atoms with Crippen LogP contribution in [0.2, 0.25) is 0 Å². The maximum Gasteiger partial charge on any atom is 0.418 e. The minimum absolute atomic E-state index is 0.0571. The Morgan fingerprint density at radius 1 is 1.16 bits per heavy atom. The Balaban J connectivity index is 1.46. The number of alkyl halides is 3. The van der Waals surface area contributed by atoms with E-state index in [1.54, 1.807) is 0 Å². The van der Waals surface area contributed by atoms with Gasteiger partial charge in [0.1, 0.15) is 17.4 Å². The molecule has 0 spiro atoms. The van der Waals surface area contributed by atoms with Crippen LogP contribution in [0.5, 0.6) is 5.88 Å². The molecule has 3 N–H and O–H groups in total. The van der Waals surface area contributed by atoms with Crippen LogP contribution >= 0.6 is 0 Å². The predicted octanol–water partition coefficient (Wildman–Crippen LogP) is 4.86. The molecule has 1 aliphatic rings. The van der Waals surface area contributed by atoms with E-state index >= 15 is 0 Å². The molecule has 3 heterocycles. The highest BCUT2D eigenvalue weighted by atomic mass is 19.4. The van der Waals surface area contributed by atoms with Crippen LogP contribution in [0.4, 0.5) is 19.0 Å². The van der Waals surface area contributed by atoms with Gasteiger partial charge in [-0.15, -0.1) is 0 Å². The molecule has 8 nitrogen and oxygen atoms in total. The summed E-state index contributed by atoms with van der Waals surface area (Å²) in [6.45, 7) is 0. The number of fused-ring (bicyclic) bond motifs is 1. The number of hydrogen-bond donors (Lipinski definition) is 2. The van der Waals surface area contributed by atoms with E-state index in [0.717, 1.165) is 42.6 Å². The van der Waals surface area contributed by atoms with Crippen molar-refractivity contribution in [3.8, 4) is 17.1 Å². The molecule has 11 heteroatoms. The number of amides is 1. The normalized spacial score (nSPS) is 18.1. The van der Waals surface area contributed by atoms with E-state index < -0.39 is 17.6 Å². The number of carbonyl (C=O) groups is 1. The van der Waals surface area contributed by atoms with Crippen LogP contribution < -0.4 is 15.8 Å². The number of ether oxygens (including phenoxy) is 1. The highest BCUT2D eigenvalue weighted by Crippen LogP contribution is 2.39. The van der Waals surface area contributed by atoms with Crippen LogP contribution in [0.3, 0.4) is 0 Å². The quantitative estimate of drug-likeness (QED) is 0.397. The Labute approximate surface area is 210 Å². The van der Waals surface area contributed by atoms with Gasteiger partial charge in [-0.25, -0.2) is 14.5 Å². The SMILES string of the molecule is COc1ncc(-c2cc(C(F)(F)F)c3c(N)ncnn23)cc1C(=O)N[C@H]1CCC[C@@H](c2ccccc2)C1. The fraction of sp³-hybridized carbons (Fsp3) is 0.308. The molecule has 3 aromatic heterocycles. The zero-order valence-electron chi connectivity index (χ0n) is 20.0. The highest BCUT2D eigenvalue weighted by molar-refractivity contribution is 5.97. The van der Waals surface area contributed by atoms with Gasteiger partial charge in [0.15, 0.2) is 5.82 Å².